The lowest BCUT2D eigenvalue weighted by Crippen LogP contribution is -2.53. The molecule has 1 unspecified atom stereocenters. The lowest BCUT2D eigenvalue weighted by atomic mass is 10.0. The smallest absolute Gasteiger partial charge is 0.237 e. The summed E-state index contributed by atoms with van der Waals surface area (Å²) in [5.41, 5.74) is 0. The Morgan fingerprint density at radius 3 is 2.26 bits per heavy atom. The highest BCUT2D eigenvalue weighted by atomic mass is 16.5. The van der Waals surface area contributed by atoms with E-state index < -0.39 is 0 Å². The summed E-state index contributed by atoms with van der Waals surface area (Å²) in [5.74, 6) is 0.366. The van der Waals surface area contributed by atoms with E-state index in [1.54, 1.807) is 0 Å². The summed E-state index contributed by atoms with van der Waals surface area (Å²) in [7, 11) is 0. The highest BCUT2D eigenvalue weighted by Gasteiger charge is 2.29. The van der Waals surface area contributed by atoms with Crippen LogP contribution in [-0.2, 0) is 9.53 Å². The number of ether oxygens (including phenoxy) is 1. The van der Waals surface area contributed by atoms with Gasteiger partial charge in [0.2, 0.25) is 5.91 Å². The molecule has 132 valence electrons. The van der Waals surface area contributed by atoms with Gasteiger partial charge < -0.3 is 9.64 Å². The van der Waals surface area contributed by atoms with E-state index in [1.165, 1.54) is 44.9 Å². The molecule has 0 spiro atoms. The summed E-state index contributed by atoms with van der Waals surface area (Å²) in [4.78, 5) is 19.9. The Labute approximate surface area is 140 Å². The van der Waals surface area contributed by atoms with Crippen molar-refractivity contribution in [2.24, 2.45) is 0 Å². The van der Waals surface area contributed by atoms with E-state index in [4.69, 9.17) is 4.74 Å². The first-order chi connectivity index (χ1) is 11.3. The van der Waals surface area contributed by atoms with Gasteiger partial charge in [-0.3, -0.25) is 14.6 Å². The van der Waals surface area contributed by atoms with Crippen LogP contribution in [0.3, 0.4) is 0 Å². The topological polar surface area (TPSA) is 36.0 Å². The van der Waals surface area contributed by atoms with E-state index in [0.29, 0.717) is 18.5 Å². The monoisotopic (exact) mass is 323 g/mol. The van der Waals surface area contributed by atoms with Gasteiger partial charge in [-0.05, 0) is 45.2 Å². The zero-order valence-corrected chi connectivity index (χ0v) is 14.5. The largest absolute Gasteiger partial charge is 0.379 e. The summed E-state index contributed by atoms with van der Waals surface area (Å²) in [6.45, 7) is 8.57. The first-order valence-electron chi connectivity index (χ1n) is 9.65. The van der Waals surface area contributed by atoms with E-state index in [9.17, 15) is 4.79 Å². The maximum atomic E-state index is 12.9. The number of hydrogen-bond donors (Lipinski definition) is 0. The Hall–Kier alpha value is -0.650. The van der Waals surface area contributed by atoms with Crippen LogP contribution < -0.4 is 0 Å². The second-order valence-electron chi connectivity index (χ2n) is 7.34. The fraction of sp³-hybridized carbons (Fsp3) is 0.944. The minimum Gasteiger partial charge on any atom is -0.379 e. The Morgan fingerprint density at radius 1 is 0.826 bits per heavy atom. The van der Waals surface area contributed by atoms with Crippen LogP contribution >= 0.6 is 0 Å². The van der Waals surface area contributed by atoms with Crippen LogP contribution in [0.5, 0.6) is 0 Å². The highest BCUT2D eigenvalue weighted by molar-refractivity contribution is 5.78. The first-order valence-corrected chi connectivity index (χ1v) is 9.65. The summed E-state index contributed by atoms with van der Waals surface area (Å²) < 4.78 is 5.45. The van der Waals surface area contributed by atoms with Crippen molar-refractivity contribution in [1.29, 1.82) is 0 Å². The number of rotatable bonds is 4. The van der Waals surface area contributed by atoms with Crippen LogP contribution in [0.25, 0.3) is 0 Å². The maximum absolute atomic E-state index is 12.9. The average Bonchev–Trinajstić information content (AvgIpc) is 2.85. The molecule has 3 heterocycles. The van der Waals surface area contributed by atoms with E-state index >= 15 is 0 Å². The van der Waals surface area contributed by atoms with Crippen molar-refractivity contribution >= 4 is 5.91 Å². The molecule has 0 radical (unpaired) electrons. The summed E-state index contributed by atoms with van der Waals surface area (Å²) in [6.07, 6.45) is 8.77. The van der Waals surface area contributed by atoms with Crippen molar-refractivity contribution in [1.82, 2.24) is 14.7 Å². The molecular weight excluding hydrogens is 290 g/mol. The second kappa shape index (κ2) is 9.00. The van der Waals surface area contributed by atoms with E-state index in [2.05, 4.69) is 14.7 Å². The first kappa shape index (κ1) is 17.2. The number of likely N-dealkylation sites (tertiary alicyclic amines) is 2. The highest BCUT2D eigenvalue weighted by Crippen LogP contribution is 2.19. The molecule has 0 aromatic carbocycles. The van der Waals surface area contributed by atoms with Crippen LogP contribution in [0, 0.1) is 0 Å². The molecule has 0 saturated carbocycles. The molecule has 0 aliphatic carbocycles. The van der Waals surface area contributed by atoms with Gasteiger partial charge >= 0.3 is 0 Å². The van der Waals surface area contributed by atoms with Crippen molar-refractivity contribution in [3.05, 3.63) is 0 Å². The van der Waals surface area contributed by atoms with Gasteiger partial charge in [0, 0.05) is 32.2 Å². The minimum atomic E-state index is 0.366. The SMILES string of the molecule is O=C(CN1CCCCCC1)N1CCCCC1CN1CCOCC1. The molecule has 3 aliphatic heterocycles. The van der Waals surface area contributed by atoms with Crippen LogP contribution in [-0.4, -0.2) is 85.7 Å². The Kier molecular flexibility index (Phi) is 6.72. The van der Waals surface area contributed by atoms with Crippen molar-refractivity contribution in [3.63, 3.8) is 0 Å². The predicted octanol–water partition coefficient (Wildman–Crippen LogP) is 1.58. The summed E-state index contributed by atoms with van der Waals surface area (Å²) in [5, 5.41) is 0. The second-order valence-corrected chi connectivity index (χ2v) is 7.34. The van der Waals surface area contributed by atoms with Gasteiger partial charge in [0.05, 0.1) is 19.8 Å². The van der Waals surface area contributed by atoms with Gasteiger partial charge in [-0.25, -0.2) is 0 Å². The number of nitrogens with zero attached hydrogens (tertiary/aromatic N) is 3. The lowest BCUT2D eigenvalue weighted by molar-refractivity contribution is -0.136. The number of piperidine rings is 1. The third-order valence-electron chi connectivity index (χ3n) is 5.58. The molecule has 0 N–H and O–H groups in total. The zero-order chi connectivity index (χ0) is 15.9. The lowest BCUT2D eigenvalue weighted by Gasteiger charge is -2.40. The summed E-state index contributed by atoms with van der Waals surface area (Å²) in [6, 6.07) is 0.418. The molecule has 3 saturated heterocycles. The number of amides is 1. The van der Waals surface area contributed by atoms with Crippen molar-refractivity contribution < 1.29 is 9.53 Å². The Morgan fingerprint density at radius 2 is 1.52 bits per heavy atom. The van der Waals surface area contributed by atoms with Gasteiger partial charge in [0.15, 0.2) is 0 Å². The third-order valence-corrected chi connectivity index (χ3v) is 5.58. The van der Waals surface area contributed by atoms with Gasteiger partial charge in [0.1, 0.15) is 0 Å². The van der Waals surface area contributed by atoms with Crippen LogP contribution in [0.15, 0.2) is 0 Å². The molecule has 1 atom stereocenters. The molecule has 5 heteroatoms. The van der Waals surface area contributed by atoms with Crippen LogP contribution in [0.2, 0.25) is 0 Å². The number of carbonyl (C=O) groups is 1. The summed E-state index contributed by atoms with van der Waals surface area (Å²) >= 11 is 0. The molecule has 3 fully saturated rings. The Balaban J connectivity index is 1.52. The molecule has 5 nitrogen and oxygen atoms in total. The number of carbonyl (C=O) groups excluding carboxylic acids is 1. The minimum absolute atomic E-state index is 0.366. The van der Waals surface area contributed by atoms with E-state index in [0.717, 1.165) is 52.5 Å². The molecule has 0 aromatic rings. The molecule has 1 amide bonds. The van der Waals surface area contributed by atoms with E-state index in [1.807, 2.05) is 0 Å². The van der Waals surface area contributed by atoms with E-state index in [-0.39, 0.29) is 0 Å². The fourth-order valence-electron chi connectivity index (χ4n) is 4.18. The fourth-order valence-corrected chi connectivity index (χ4v) is 4.18. The standard InChI is InChI=1S/C18H33N3O2/c22-18(16-19-8-4-1-2-5-9-19)21-10-6-3-7-17(21)15-20-11-13-23-14-12-20/h17H,1-16H2. The molecule has 0 bridgehead atoms. The quantitative estimate of drug-likeness (QED) is 0.787. The zero-order valence-electron chi connectivity index (χ0n) is 14.5. The molecule has 3 aliphatic rings. The normalized spacial score (nSPS) is 28.5. The van der Waals surface area contributed by atoms with Gasteiger partial charge in [-0.15, -0.1) is 0 Å². The third kappa shape index (κ3) is 5.16. The van der Waals surface area contributed by atoms with Crippen molar-refractivity contribution in [2.75, 3.05) is 59.0 Å². The van der Waals surface area contributed by atoms with Gasteiger partial charge in [0.25, 0.3) is 0 Å². The van der Waals surface area contributed by atoms with Gasteiger partial charge in [-0.1, -0.05) is 12.8 Å². The molecule has 0 aromatic heterocycles. The molecule has 23 heavy (non-hydrogen) atoms. The number of hydrogen-bond acceptors (Lipinski definition) is 4. The molecule has 3 rings (SSSR count). The predicted molar refractivity (Wildman–Crippen MR) is 91.5 cm³/mol. The maximum Gasteiger partial charge on any atom is 0.237 e. The average molecular weight is 323 g/mol. The van der Waals surface area contributed by atoms with Crippen molar-refractivity contribution in [2.45, 2.75) is 51.0 Å². The number of morpholine rings is 1. The van der Waals surface area contributed by atoms with Crippen LogP contribution in [0.4, 0.5) is 0 Å². The Bertz CT molecular complexity index is 363. The molecular formula is C18H33N3O2. The van der Waals surface area contributed by atoms with Crippen molar-refractivity contribution in [3.8, 4) is 0 Å². The van der Waals surface area contributed by atoms with Gasteiger partial charge in [-0.2, -0.15) is 0 Å². The van der Waals surface area contributed by atoms with Crippen LogP contribution in [0.1, 0.15) is 44.9 Å².